The molecule has 2 amide bonds. The fourth-order valence-electron chi connectivity index (χ4n) is 2.96. The molecule has 128 valence electrons. The normalized spacial score (nSPS) is 24.8. The highest BCUT2D eigenvalue weighted by molar-refractivity contribution is 5.93. The van der Waals surface area contributed by atoms with Crippen LogP contribution in [0.2, 0.25) is 0 Å². The van der Waals surface area contributed by atoms with Gasteiger partial charge in [-0.2, -0.15) is 13.2 Å². The maximum Gasteiger partial charge on any atom is 0.406 e. The summed E-state index contributed by atoms with van der Waals surface area (Å²) in [5, 5.41) is 2.53. The Morgan fingerprint density at radius 2 is 1.91 bits per heavy atom. The van der Waals surface area contributed by atoms with E-state index in [0.29, 0.717) is 12.8 Å². The van der Waals surface area contributed by atoms with E-state index in [4.69, 9.17) is 5.73 Å². The van der Waals surface area contributed by atoms with Crippen molar-refractivity contribution in [1.29, 1.82) is 0 Å². The third-order valence-electron chi connectivity index (χ3n) is 4.17. The Morgan fingerprint density at radius 1 is 1.32 bits per heavy atom. The molecule has 0 spiro atoms. The average molecular weight is 344 g/mol. The van der Waals surface area contributed by atoms with Crippen molar-refractivity contribution in [2.24, 2.45) is 5.73 Å². The Bertz CT molecular complexity index is 425. The summed E-state index contributed by atoms with van der Waals surface area (Å²) in [6, 6.07) is -0.887. The predicted octanol–water partition coefficient (Wildman–Crippen LogP) is 1.35. The summed E-state index contributed by atoms with van der Waals surface area (Å²) < 4.78 is 37.0. The van der Waals surface area contributed by atoms with Crippen LogP contribution in [0, 0.1) is 0 Å². The van der Waals surface area contributed by atoms with E-state index in [-0.39, 0.29) is 25.4 Å². The maximum atomic E-state index is 12.3. The van der Waals surface area contributed by atoms with E-state index in [1.165, 1.54) is 0 Å². The third kappa shape index (κ3) is 4.49. The summed E-state index contributed by atoms with van der Waals surface area (Å²) in [6.07, 6.45) is -0.415. The van der Waals surface area contributed by atoms with Gasteiger partial charge in [-0.05, 0) is 19.3 Å². The number of nitrogens with zero attached hydrogens (tertiary/aromatic N) is 1. The van der Waals surface area contributed by atoms with Gasteiger partial charge >= 0.3 is 6.18 Å². The van der Waals surface area contributed by atoms with Crippen LogP contribution < -0.4 is 11.1 Å². The van der Waals surface area contributed by atoms with Gasteiger partial charge in [-0.3, -0.25) is 9.59 Å². The smallest absolute Gasteiger partial charge is 0.343 e. The average Bonchev–Trinajstić information content (AvgIpc) is 2.70. The minimum Gasteiger partial charge on any atom is -0.343 e. The highest BCUT2D eigenvalue weighted by Gasteiger charge is 2.42. The van der Waals surface area contributed by atoms with Crippen LogP contribution in [0.25, 0.3) is 0 Å². The summed E-state index contributed by atoms with van der Waals surface area (Å²) in [5.41, 5.74) is 5.06. The van der Waals surface area contributed by atoms with Crippen LogP contribution in [0.1, 0.15) is 38.5 Å². The number of hydrogen-bond acceptors (Lipinski definition) is 3. The fourth-order valence-corrected chi connectivity index (χ4v) is 2.96. The van der Waals surface area contributed by atoms with Crippen LogP contribution in [0.3, 0.4) is 0 Å². The van der Waals surface area contributed by atoms with E-state index >= 15 is 0 Å². The number of alkyl halides is 3. The first kappa shape index (κ1) is 19.0. The second-order valence-electron chi connectivity index (χ2n) is 5.91. The van der Waals surface area contributed by atoms with Gasteiger partial charge in [0.15, 0.2) is 0 Å². The third-order valence-corrected chi connectivity index (χ3v) is 4.17. The number of likely N-dealkylation sites (tertiary alicyclic amines) is 1. The van der Waals surface area contributed by atoms with E-state index in [1.54, 1.807) is 0 Å². The highest BCUT2D eigenvalue weighted by atomic mass is 35.5. The molecule has 1 aliphatic heterocycles. The molecule has 0 aromatic heterocycles. The number of carbonyl (C=O) groups excluding carboxylic acids is 2. The van der Waals surface area contributed by atoms with Crippen LogP contribution in [0.15, 0.2) is 0 Å². The monoisotopic (exact) mass is 343 g/mol. The highest BCUT2D eigenvalue weighted by Crippen LogP contribution is 2.27. The van der Waals surface area contributed by atoms with E-state index < -0.39 is 36.1 Å². The second kappa shape index (κ2) is 7.04. The summed E-state index contributed by atoms with van der Waals surface area (Å²) in [4.78, 5) is 24.8. The molecule has 1 heterocycles. The number of halogens is 4. The van der Waals surface area contributed by atoms with Gasteiger partial charge in [0.25, 0.3) is 0 Å². The van der Waals surface area contributed by atoms with Gasteiger partial charge in [0, 0.05) is 6.54 Å². The van der Waals surface area contributed by atoms with E-state index in [0.717, 1.165) is 24.2 Å². The van der Waals surface area contributed by atoms with Crippen molar-refractivity contribution in [2.75, 3.05) is 13.1 Å². The minimum atomic E-state index is -4.42. The number of rotatable bonds is 3. The fraction of sp³-hybridized carbons (Fsp3) is 0.846. The van der Waals surface area contributed by atoms with Crippen molar-refractivity contribution in [3.63, 3.8) is 0 Å². The minimum absolute atomic E-state index is 0. The van der Waals surface area contributed by atoms with Gasteiger partial charge in [-0.15, -0.1) is 12.4 Å². The van der Waals surface area contributed by atoms with Gasteiger partial charge in [-0.1, -0.05) is 19.3 Å². The molecule has 1 aliphatic carbocycles. The van der Waals surface area contributed by atoms with Crippen LogP contribution in [0.5, 0.6) is 0 Å². The molecule has 3 N–H and O–H groups in total. The van der Waals surface area contributed by atoms with Gasteiger partial charge in [0.05, 0.1) is 5.54 Å². The van der Waals surface area contributed by atoms with Crippen LogP contribution in [-0.2, 0) is 9.59 Å². The van der Waals surface area contributed by atoms with Crippen molar-refractivity contribution in [1.82, 2.24) is 10.2 Å². The predicted molar refractivity (Wildman–Crippen MR) is 76.4 cm³/mol. The summed E-state index contributed by atoms with van der Waals surface area (Å²) in [5.74, 6) is -1.10. The zero-order valence-electron chi connectivity index (χ0n) is 12.1. The van der Waals surface area contributed by atoms with Gasteiger partial charge in [0.2, 0.25) is 11.8 Å². The van der Waals surface area contributed by atoms with Gasteiger partial charge < -0.3 is 16.0 Å². The molecule has 0 aromatic carbocycles. The lowest BCUT2D eigenvalue weighted by Crippen LogP contribution is -2.58. The standard InChI is InChI=1S/C13H20F3N3O2.ClH/c14-13(15,16)8-19-7-4-9(10(19)20)18-11(21)12(17)5-2-1-3-6-12;/h9H,1-8,17H2,(H,18,21);1H. The molecule has 1 unspecified atom stereocenters. The lowest BCUT2D eigenvalue weighted by Gasteiger charge is -2.32. The van der Waals surface area contributed by atoms with Crippen molar-refractivity contribution in [2.45, 2.75) is 56.3 Å². The molecule has 1 atom stereocenters. The van der Waals surface area contributed by atoms with Crippen LogP contribution >= 0.6 is 12.4 Å². The first-order valence-electron chi connectivity index (χ1n) is 7.17. The van der Waals surface area contributed by atoms with E-state index in [1.807, 2.05) is 0 Å². The van der Waals surface area contributed by atoms with E-state index in [2.05, 4.69) is 5.32 Å². The second-order valence-corrected chi connectivity index (χ2v) is 5.91. The number of hydrogen-bond donors (Lipinski definition) is 2. The van der Waals surface area contributed by atoms with Gasteiger partial charge in [0.1, 0.15) is 12.6 Å². The Kier molecular flexibility index (Phi) is 6.09. The Balaban J connectivity index is 0.00000242. The molecule has 9 heteroatoms. The molecular formula is C13H21ClF3N3O2. The number of carbonyl (C=O) groups is 2. The Morgan fingerprint density at radius 3 is 2.45 bits per heavy atom. The van der Waals surface area contributed by atoms with Crippen LogP contribution in [0.4, 0.5) is 13.2 Å². The largest absolute Gasteiger partial charge is 0.406 e. The van der Waals surface area contributed by atoms with Crippen molar-refractivity contribution in [3.8, 4) is 0 Å². The molecule has 2 rings (SSSR count). The lowest BCUT2D eigenvalue weighted by molar-refractivity contribution is -0.158. The molecule has 1 saturated carbocycles. The molecule has 2 aliphatic rings. The first-order chi connectivity index (χ1) is 9.71. The molecular weight excluding hydrogens is 323 g/mol. The van der Waals surface area contributed by atoms with Crippen molar-refractivity contribution in [3.05, 3.63) is 0 Å². The molecule has 0 bridgehead atoms. The zero-order valence-corrected chi connectivity index (χ0v) is 12.9. The lowest BCUT2D eigenvalue weighted by atomic mass is 9.81. The number of amides is 2. The van der Waals surface area contributed by atoms with Gasteiger partial charge in [-0.25, -0.2) is 0 Å². The molecule has 0 aromatic rings. The van der Waals surface area contributed by atoms with Crippen molar-refractivity contribution < 1.29 is 22.8 Å². The van der Waals surface area contributed by atoms with Crippen LogP contribution in [-0.4, -0.2) is 47.6 Å². The Labute approximate surface area is 133 Å². The SMILES string of the molecule is Cl.NC1(C(=O)NC2CCN(CC(F)(F)F)C2=O)CCCCC1. The summed E-state index contributed by atoms with van der Waals surface area (Å²) in [7, 11) is 0. The van der Waals surface area contributed by atoms with E-state index in [9.17, 15) is 22.8 Å². The zero-order chi connectivity index (χ0) is 15.7. The topological polar surface area (TPSA) is 75.4 Å². The maximum absolute atomic E-state index is 12.3. The Hall–Kier alpha value is -1.02. The number of nitrogens with one attached hydrogen (secondary N) is 1. The summed E-state index contributed by atoms with van der Waals surface area (Å²) in [6.45, 7) is -1.27. The molecule has 2 fully saturated rings. The number of nitrogens with two attached hydrogens (primary N) is 1. The molecule has 5 nitrogen and oxygen atoms in total. The molecule has 0 radical (unpaired) electrons. The quantitative estimate of drug-likeness (QED) is 0.812. The first-order valence-corrected chi connectivity index (χ1v) is 7.17. The molecule has 22 heavy (non-hydrogen) atoms. The molecule has 1 saturated heterocycles. The van der Waals surface area contributed by atoms with Crippen molar-refractivity contribution >= 4 is 24.2 Å². The summed E-state index contributed by atoms with van der Waals surface area (Å²) >= 11 is 0.